The Kier molecular flexibility index (Phi) is 5.03. The van der Waals surface area contributed by atoms with Crippen molar-refractivity contribution in [2.45, 2.75) is 70.3 Å². The van der Waals surface area contributed by atoms with Crippen molar-refractivity contribution in [3.63, 3.8) is 0 Å². The minimum Gasteiger partial charge on any atom is -0.338 e. The molecule has 0 aliphatic heterocycles. The summed E-state index contributed by atoms with van der Waals surface area (Å²) in [6.07, 6.45) is 15.2. The molecule has 1 heterocycles. The van der Waals surface area contributed by atoms with Crippen LogP contribution in [0.5, 0.6) is 0 Å². The lowest BCUT2D eigenvalue weighted by Gasteiger charge is -2.37. The predicted octanol–water partition coefficient (Wildman–Crippen LogP) is 3.43. The van der Waals surface area contributed by atoms with Gasteiger partial charge in [0.05, 0.1) is 0 Å². The first-order valence-corrected chi connectivity index (χ1v) is 7.88. The highest BCUT2D eigenvalue weighted by molar-refractivity contribution is 4.96. The third-order valence-corrected chi connectivity index (χ3v) is 4.83. The van der Waals surface area contributed by atoms with Crippen LogP contribution in [0.1, 0.15) is 64.1 Å². The van der Waals surface area contributed by atoms with Crippen LogP contribution < -0.4 is 5.73 Å². The van der Waals surface area contributed by atoms with Crippen LogP contribution in [0.2, 0.25) is 0 Å². The van der Waals surface area contributed by atoms with Crippen LogP contribution in [0.4, 0.5) is 0 Å². The fourth-order valence-electron chi connectivity index (χ4n) is 3.28. The third-order valence-electron chi connectivity index (χ3n) is 4.83. The van der Waals surface area contributed by atoms with E-state index in [4.69, 9.17) is 5.73 Å². The van der Waals surface area contributed by atoms with Gasteiger partial charge in [0.1, 0.15) is 5.82 Å². The van der Waals surface area contributed by atoms with Gasteiger partial charge >= 0.3 is 0 Å². The van der Waals surface area contributed by atoms with Crippen molar-refractivity contribution >= 4 is 0 Å². The zero-order valence-corrected chi connectivity index (χ0v) is 12.6. The molecular weight excluding hydrogens is 234 g/mol. The first kappa shape index (κ1) is 14.6. The summed E-state index contributed by atoms with van der Waals surface area (Å²) in [7, 11) is 2.06. The SMILES string of the molecule is CCCCC1CCC(N)(CCc2nccn2C)CC1. The summed E-state index contributed by atoms with van der Waals surface area (Å²) in [5, 5.41) is 0. The molecule has 1 fully saturated rings. The number of imidazole rings is 1. The number of hydrogen-bond acceptors (Lipinski definition) is 2. The molecular formula is C16H29N3. The van der Waals surface area contributed by atoms with Gasteiger partial charge in [-0.15, -0.1) is 0 Å². The van der Waals surface area contributed by atoms with Crippen molar-refractivity contribution in [2.24, 2.45) is 18.7 Å². The molecule has 1 aliphatic carbocycles. The predicted molar refractivity (Wildman–Crippen MR) is 79.9 cm³/mol. The Morgan fingerprint density at radius 3 is 2.74 bits per heavy atom. The normalized spacial score (nSPS) is 27.6. The Morgan fingerprint density at radius 2 is 2.16 bits per heavy atom. The molecule has 2 N–H and O–H groups in total. The van der Waals surface area contributed by atoms with Crippen molar-refractivity contribution in [3.8, 4) is 0 Å². The van der Waals surface area contributed by atoms with Gasteiger partial charge in [0, 0.05) is 31.4 Å². The van der Waals surface area contributed by atoms with Gasteiger partial charge in [-0.2, -0.15) is 0 Å². The van der Waals surface area contributed by atoms with Crippen molar-refractivity contribution in [1.82, 2.24) is 9.55 Å². The van der Waals surface area contributed by atoms with Crippen LogP contribution in [0, 0.1) is 5.92 Å². The summed E-state index contributed by atoms with van der Waals surface area (Å²) in [6.45, 7) is 2.28. The molecule has 0 aromatic carbocycles. The number of nitrogens with two attached hydrogens (primary N) is 1. The Bertz CT molecular complexity index is 375. The van der Waals surface area contributed by atoms with Crippen LogP contribution in [0.3, 0.4) is 0 Å². The van der Waals surface area contributed by atoms with E-state index in [-0.39, 0.29) is 5.54 Å². The van der Waals surface area contributed by atoms with Crippen molar-refractivity contribution in [1.29, 1.82) is 0 Å². The minimum atomic E-state index is 0.0642. The number of aryl methyl sites for hydroxylation is 2. The molecule has 0 spiro atoms. The van der Waals surface area contributed by atoms with E-state index in [1.807, 2.05) is 12.4 Å². The largest absolute Gasteiger partial charge is 0.338 e. The molecule has 0 unspecified atom stereocenters. The van der Waals surface area contributed by atoms with E-state index in [1.54, 1.807) is 0 Å². The van der Waals surface area contributed by atoms with E-state index in [0.717, 1.165) is 24.6 Å². The highest BCUT2D eigenvalue weighted by Gasteiger charge is 2.31. The van der Waals surface area contributed by atoms with Gasteiger partial charge < -0.3 is 10.3 Å². The molecule has 0 saturated heterocycles. The van der Waals surface area contributed by atoms with Gasteiger partial charge in [-0.1, -0.05) is 26.2 Å². The lowest BCUT2D eigenvalue weighted by Crippen LogP contribution is -2.43. The van der Waals surface area contributed by atoms with E-state index in [9.17, 15) is 0 Å². The van der Waals surface area contributed by atoms with Crippen LogP contribution in [0.25, 0.3) is 0 Å². The van der Waals surface area contributed by atoms with E-state index in [2.05, 4.69) is 23.5 Å². The lowest BCUT2D eigenvalue weighted by molar-refractivity contribution is 0.211. The molecule has 0 amide bonds. The second kappa shape index (κ2) is 6.56. The first-order chi connectivity index (χ1) is 9.13. The molecule has 0 bridgehead atoms. The summed E-state index contributed by atoms with van der Waals surface area (Å²) in [5.41, 5.74) is 6.64. The molecule has 1 aromatic heterocycles. The van der Waals surface area contributed by atoms with E-state index < -0.39 is 0 Å². The standard InChI is InChI=1S/C16H29N3/c1-3-4-5-14-6-9-16(17,10-7-14)11-8-15-18-12-13-19(15)2/h12-14H,3-11,17H2,1-2H3. The summed E-state index contributed by atoms with van der Waals surface area (Å²) >= 11 is 0. The smallest absolute Gasteiger partial charge is 0.108 e. The van der Waals surface area contributed by atoms with E-state index in [0.29, 0.717) is 0 Å². The van der Waals surface area contributed by atoms with E-state index >= 15 is 0 Å². The summed E-state index contributed by atoms with van der Waals surface area (Å²) in [6, 6.07) is 0. The van der Waals surface area contributed by atoms with Gasteiger partial charge in [0.2, 0.25) is 0 Å². The van der Waals surface area contributed by atoms with Gasteiger partial charge in [-0.3, -0.25) is 0 Å². The maximum atomic E-state index is 6.58. The fraction of sp³-hybridized carbons (Fsp3) is 0.812. The molecule has 2 rings (SSSR count). The molecule has 3 heteroatoms. The van der Waals surface area contributed by atoms with Crippen LogP contribution in [-0.2, 0) is 13.5 Å². The highest BCUT2D eigenvalue weighted by Crippen LogP contribution is 2.35. The zero-order valence-electron chi connectivity index (χ0n) is 12.6. The fourth-order valence-corrected chi connectivity index (χ4v) is 3.28. The van der Waals surface area contributed by atoms with Gasteiger partial charge in [0.15, 0.2) is 0 Å². The molecule has 19 heavy (non-hydrogen) atoms. The molecule has 108 valence electrons. The maximum Gasteiger partial charge on any atom is 0.108 e. The Labute approximate surface area is 117 Å². The van der Waals surface area contributed by atoms with E-state index in [1.165, 1.54) is 44.9 Å². The molecule has 3 nitrogen and oxygen atoms in total. The number of rotatable bonds is 6. The average molecular weight is 263 g/mol. The second-order valence-corrected chi connectivity index (χ2v) is 6.40. The number of aromatic nitrogens is 2. The highest BCUT2D eigenvalue weighted by atomic mass is 15.0. The molecule has 0 atom stereocenters. The van der Waals surface area contributed by atoms with Gasteiger partial charge in [0.25, 0.3) is 0 Å². The first-order valence-electron chi connectivity index (χ1n) is 7.88. The summed E-state index contributed by atoms with van der Waals surface area (Å²) < 4.78 is 2.11. The zero-order chi connectivity index (χ0) is 13.7. The quantitative estimate of drug-likeness (QED) is 0.854. The number of nitrogens with zero attached hydrogens (tertiary/aromatic N) is 2. The molecule has 1 saturated carbocycles. The number of unbranched alkanes of at least 4 members (excludes halogenated alkanes) is 1. The average Bonchev–Trinajstić information content (AvgIpc) is 2.82. The van der Waals surface area contributed by atoms with Crippen LogP contribution in [-0.4, -0.2) is 15.1 Å². The van der Waals surface area contributed by atoms with Crippen LogP contribution >= 0.6 is 0 Å². The van der Waals surface area contributed by atoms with Crippen LogP contribution in [0.15, 0.2) is 12.4 Å². The minimum absolute atomic E-state index is 0.0642. The van der Waals surface area contributed by atoms with Crippen molar-refractivity contribution < 1.29 is 0 Å². The lowest BCUT2D eigenvalue weighted by atomic mass is 9.73. The van der Waals surface area contributed by atoms with Gasteiger partial charge in [-0.05, 0) is 38.0 Å². The molecule has 1 aromatic rings. The van der Waals surface area contributed by atoms with Gasteiger partial charge in [-0.25, -0.2) is 4.98 Å². The maximum absolute atomic E-state index is 6.58. The number of hydrogen-bond donors (Lipinski definition) is 1. The second-order valence-electron chi connectivity index (χ2n) is 6.40. The molecule has 0 radical (unpaired) electrons. The Balaban J connectivity index is 1.77. The van der Waals surface area contributed by atoms with Crippen molar-refractivity contribution in [3.05, 3.63) is 18.2 Å². The summed E-state index contributed by atoms with van der Waals surface area (Å²) in [4.78, 5) is 4.39. The topological polar surface area (TPSA) is 43.8 Å². The van der Waals surface area contributed by atoms with Crippen molar-refractivity contribution in [2.75, 3.05) is 0 Å². The summed E-state index contributed by atoms with van der Waals surface area (Å²) in [5.74, 6) is 2.10. The third kappa shape index (κ3) is 4.07. The Morgan fingerprint density at radius 1 is 1.42 bits per heavy atom. The monoisotopic (exact) mass is 263 g/mol. The molecule has 1 aliphatic rings. The Hall–Kier alpha value is -0.830.